The lowest BCUT2D eigenvalue weighted by Gasteiger charge is -2.26. The molecule has 9 nitrogen and oxygen atoms in total. The average Bonchev–Trinajstić information content (AvgIpc) is 3.40. The van der Waals surface area contributed by atoms with Crippen molar-refractivity contribution in [2.75, 3.05) is 69.8 Å². The summed E-state index contributed by atoms with van der Waals surface area (Å²) in [6.07, 6.45) is 5.97. The average molecular weight is 444 g/mol. The minimum atomic E-state index is 0.650. The normalized spacial score (nSPS) is 18.5. The molecule has 3 aromatic heterocycles. The largest absolute Gasteiger partial charge is 0.381 e. The standard InChI is InChI=1S/C21H29N7O2S/c1-2-19(22-5-6-27-7-11-30-12-8-27)23-14-17(1)18-15-25-21-28(18)26-20(31-21)24-13-16-3-9-29-10-4-16/h1-2,14-16H,3-13H2,(H,22,23)(H,24,26). The van der Waals surface area contributed by atoms with E-state index in [0.717, 1.165) is 99.2 Å². The van der Waals surface area contributed by atoms with E-state index < -0.39 is 0 Å². The van der Waals surface area contributed by atoms with Crippen LogP contribution in [0.25, 0.3) is 16.2 Å². The highest BCUT2D eigenvalue weighted by Crippen LogP contribution is 2.26. The Bertz CT molecular complexity index is 962. The monoisotopic (exact) mass is 443 g/mol. The van der Waals surface area contributed by atoms with E-state index in [1.165, 1.54) is 0 Å². The number of nitrogens with one attached hydrogen (secondary N) is 2. The van der Waals surface area contributed by atoms with Crippen LogP contribution in [0.1, 0.15) is 12.8 Å². The van der Waals surface area contributed by atoms with E-state index >= 15 is 0 Å². The van der Waals surface area contributed by atoms with Crippen LogP contribution in [0.2, 0.25) is 0 Å². The molecule has 2 saturated heterocycles. The Hall–Kier alpha value is -2.27. The van der Waals surface area contributed by atoms with Crippen LogP contribution in [0.4, 0.5) is 10.9 Å². The van der Waals surface area contributed by atoms with Gasteiger partial charge < -0.3 is 20.1 Å². The van der Waals surface area contributed by atoms with Gasteiger partial charge in [0.15, 0.2) is 0 Å². The van der Waals surface area contributed by atoms with Crippen molar-refractivity contribution in [3.63, 3.8) is 0 Å². The zero-order valence-electron chi connectivity index (χ0n) is 17.6. The summed E-state index contributed by atoms with van der Waals surface area (Å²) in [5, 5.41) is 12.5. The number of anilines is 2. The molecule has 0 radical (unpaired) electrons. The maximum atomic E-state index is 5.44. The summed E-state index contributed by atoms with van der Waals surface area (Å²) in [5.74, 6) is 1.53. The molecule has 5 heterocycles. The predicted molar refractivity (Wildman–Crippen MR) is 122 cm³/mol. The summed E-state index contributed by atoms with van der Waals surface area (Å²) >= 11 is 1.58. The van der Waals surface area contributed by atoms with E-state index in [2.05, 4.69) is 31.6 Å². The fourth-order valence-corrected chi connectivity index (χ4v) is 4.74. The molecule has 2 N–H and O–H groups in total. The maximum absolute atomic E-state index is 5.44. The van der Waals surface area contributed by atoms with Gasteiger partial charge in [-0.1, -0.05) is 11.3 Å². The molecule has 2 aliphatic heterocycles. The van der Waals surface area contributed by atoms with E-state index in [1.807, 2.05) is 23.0 Å². The van der Waals surface area contributed by atoms with Crippen molar-refractivity contribution < 1.29 is 9.47 Å². The van der Waals surface area contributed by atoms with Crippen LogP contribution in [0.3, 0.4) is 0 Å². The molecular weight excluding hydrogens is 414 g/mol. The molecular formula is C21H29N7O2S. The van der Waals surface area contributed by atoms with Crippen molar-refractivity contribution >= 4 is 27.2 Å². The van der Waals surface area contributed by atoms with Gasteiger partial charge in [-0.3, -0.25) is 4.90 Å². The summed E-state index contributed by atoms with van der Waals surface area (Å²) < 4.78 is 12.7. The molecule has 2 fully saturated rings. The number of hydrogen-bond acceptors (Lipinski definition) is 9. The van der Waals surface area contributed by atoms with Gasteiger partial charge in [0.25, 0.3) is 0 Å². The fourth-order valence-electron chi connectivity index (χ4n) is 3.96. The molecule has 166 valence electrons. The predicted octanol–water partition coefficient (Wildman–Crippen LogP) is 2.44. The van der Waals surface area contributed by atoms with E-state index in [0.29, 0.717) is 5.92 Å². The first-order valence-corrected chi connectivity index (χ1v) is 11.8. The molecule has 3 aromatic rings. The van der Waals surface area contributed by atoms with Crippen molar-refractivity contribution in [2.24, 2.45) is 5.92 Å². The highest BCUT2D eigenvalue weighted by Gasteiger charge is 2.16. The van der Waals surface area contributed by atoms with Gasteiger partial charge in [0.1, 0.15) is 5.82 Å². The molecule has 31 heavy (non-hydrogen) atoms. The van der Waals surface area contributed by atoms with Crippen LogP contribution < -0.4 is 10.6 Å². The summed E-state index contributed by atoms with van der Waals surface area (Å²) in [5.41, 5.74) is 1.96. The first-order valence-electron chi connectivity index (χ1n) is 11.0. The fraction of sp³-hybridized carbons (Fsp3) is 0.571. The number of morpholine rings is 1. The van der Waals surface area contributed by atoms with Gasteiger partial charge in [-0.25, -0.2) is 14.5 Å². The SMILES string of the molecule is c1cc(NCCN2CCOCC2)ncc1-c1cnc2sc(NCC3CCOCC3)nn12. The second kappa shape index (κ2) is 9.90. The van der Waals surface area contributed by atoms with Crippen LogP contribution in [-0.2, 0) is 9.47 Å². The van der Waals surface area contributed by atoms with E-state index in [4.69, 9.17) is 14.6 Å². The van der Waals surface area contributed by atoms with Gasteiger partial charge in [-0.15, -0.1) is 5.10 Å². The number of imidazole rings is 1. The van der Waals surface area contributed by atoms with Crippen molar-refractivity contribution in [2.45, 2.75) is 12.8 Å². The Balaban J connectivity index is 1.18. The number of nitrogens with zero attached hydrogens (tertiary/aromatic N) is 5. The van der Waals surface area contributed by atoms with Crippen molar-refractivity contribution in [3.05, 3.63) is 24.5 Å². The third-order valence-corrected chi connectivity index (χ3v) is 6.75. The van der Waals surface area contributed by atoms with Crippen LogP contribution in [0.15, 0.2) is 24.5 Å². The molecule has 10 heteroatoms. The Kier molecular flexibility index (Phi) is 6.59. The Morgan fingerprint density at radius 1 is 1.00 bits per heavy atom. The number of pyridine rings is 1. The van der Waals surface area contributed by atoms with Crippen LogP contribution in [-0.4, -0.2) is 83.6 Å². The number of rotatable bonds is 8. The first-order chi connectivity index (χ1) is 15.3. The highest BCUT2D eigenvalue weighted by atomic mass is 32.1. The molecule has 0 unspecified atom stereocenters. The third-order valence-electron chi connectivity index (χ3n) is 5.87. The quantitative estimate of drug-likeness (QED) is 0.549. The van der Waals surface area contributed by atoms with Crippen molar-refractivity contribution in [3.8, 4) is 11.3 Å². The minimum absolute atomic E-state index is 0.650. The summed E-state index contributed by atoms with van der Waals surface area (Å²) in [4.78, 5) is 12.4. The lowest BCUT2D eigenvalue weighted by atomic mass is 10.0. The zero-order valence-corrected chi connectivity index (χ0v) is 18.4. The van der Waals surface area contributed by atoms with Crippen LogP contribution in [0, 0.1) is 5.92 Å². The number of hydrogen-bond donors (Lipinski definition) is 2. The van der Waals surface area contributed by atoms with Crippen molar-refractivity contribution in [1.29, 1.82) is 0 Å². The summed E-state index contributed by atoms with van der Waals surface area (Å²) in [7, 11) is 0. The van der Waals surface area contributed by atoms with Crippen LogP contribution >= 0.6 is 11.3 Å². The maximum Gasteiger partial charge on any atom is 0.214 e. The van der Waals surface area contributed by atoms with Gasteiger partial charge >= 0.3 is 0 Å². The van der Waals surface area contributed by atoms with E-state index in [9.17, 15) is 0 Å². The molecule has 0 bridgehead atoms. The minimum Gasteiger partial charge on any atom is -0.381 e. The van der Waals surface area contributed by atoms with E-state index in [-0.39, 0.29) is 0 Å². The lowest BCUT2D eigenvalue weighted by molar-refractivity contribution is 0.0398. The van der Waals surface area contributed by atoms with Crippen LogP contribution in [0.5, 0.6) is 0 Å². The second-order valence-corrected chi connectivity index (χ2v) is 8.95. The topological polar surface area (TPSA) is 88.8 Å². The number of fused-ring (bicyclic) bond motifs is 1. The molecule has 0 atom stereocenters. The Morgan fingerprint density at radius 2 is 1.84 bits per heavy atom. The van der Waals surface area contributed by atoms with Gasteiger partial charge in [0, 0.05) is 57.7 Å². The molecule has 0 saturated carbocycles. The molecule has 2 aliphatic rings. The van der Waals surface area contributed by atoms with Gasteiger partial charge in [-0.2, -0.15) is 0 Å². The Labute approximate surface area is 185 Å². The molecule has 5 rings (SSSR count). The summed E-state index contributed by atoms with van der Waals surface area (Å²) in [6, 6.07) is 4.09. The van der Waals surface area contributed by atoms with Gasteiger partial charge in [0.05, 0.1) is 25.1 Å². The Morgan fingerprint density at radius 3 is 2.65 bits per heavy atom. The number of aromatic nitrogens is 4. The molecule has 0 aromatic carbocycles. The van der Waals surface area contributed by atoms with E-state index in [1.54, 1.807) is 11.3 Å². The second-order valence-electron chi connectivity index (χ2n) is 7.99. The van der Waals surface area contributed by atoms with Gasteiger partial charge in [0.2, 0.25) is 10.1 Å². The molecule has 0 spiro atoms. The third kappa shape index (κ3) is 5.15. The smallest absolute Gasteiger partial charge is 0.214 e. The van der Waals surface area contributed by atoms with Gasteiger partial charge in [-0.05, 0) is 30.9 Å². The molecule has 0 amide bonds. The van der Waals surface area contributed by atoms with Crippen molar-refractivity contribution in [1.82, 2.24) is 24.5 Å². The number of ether oxygens (including phenoxy) is 2. The first kappa shape index (κ1) is 20.6. The summed E-state index contributed by atoms with van der Waals surface area (Å²) in [6.45, 7) is 8.20. The lowest BCUT2D eigenvalue weighted by Crippen LogP contribution is -2.39. The highest BCUT2D eigenvalue weighted by molar-refractivity contribution is 7.20. The zero-order chi connectivity index (χ0) is 20.9. The molecule has 0 aliphatic carbocycles.